The first-order valence-electron chi connectivity index (χ1n) is 5.63. The van der Waals surface area contributed by atoms with Crippen molar-refractivity contribution >= 4 is 43.6 Å². The van der Waals surface area contributed by atoms with Crippen molar-refractivity contribution in [3.8, 4) is 0 Å². The van der Waals surface area contributed by atoms with Gasteiger partial charge in [-0.2, -0.15) is 4.31 Å². The number of carbonyl (C=O) groups is 1. The number of pyridine rings is 1. The second kappa shape index (κ2) is 5.84. The SMILES string of the molecule is O=C(O)N(C1CCNC1)S(=O)(=O)c1cc(Br)cnc1Cl. The fourth-order valence-corrected chi connectivity index (χ4v) is 4.40. The Morgan fingerprint density at radius 1 is 1.60 bits per heavy atom. The molecule has 1 fully saturated rings. The molecule has 20 heavy (non-hydrogen) atoms. The zero-order valence-electron chi connectivity index (χ0n) is 10.1. The van der Waals surface area contributed by atoms with E-state index < -0.39 is 22.2 Å². The van der Waals surface area contributed by atoms with Crippen molar-refractivity contribution in [2.75, 3.05) is 13.1 Å². The third-order valence-electron chi connectivity index (χ3n) is 2.86. The normalized spacial score (nSPS) is 19.0. The van der Waals surface area contributed by atoms with Crippen molar-refractivity contribution in [2.45, 2.75) is 17.4 Å². The van der Waals surface area contributed by atoms with Crippen LogP contribution in [0, 0.1) is 0 Å². The van der Waals surface area contributed by atoms with Crippen molar-refractivity contribution < 1.29 is 18.3 Å². The smallest absolute Gasteiger partial charge is 0.421 e. The zero-order valence-corrected chi connectivity index (χ0v) is 13.2. The van der Waals surface area contributed by atoms with E-state index in [1.54, 1.807) is 0 Å². The maximum atomic E-state index is 12.5. The third kappa shape index (κ3) is 2.90. The van der Waals surface area contributed by atoms with Gasteiger partial charge in [0.25, 0.3) is 10.0 Å². The second-order valence-electron chi connectivity index (χ2n) is 4.17. The molecule has 2 rings (SSSR count). The molecule has 0 radical (unpaired) electrons. The van der Waals surface area contributed by atoms with Gasteiger partial charge in [-0.1, -0.05) is 11.6 Å². The molecule has 0 aliphatic carbocycles. The summed E-state index contributed by atoms with van der Waals surface area (Å²) >= 11 is 8.88. The Bertz CT molecular complexity index is 633. The van der Waals surface area contributed by atoms with Crippen LogP contribution in [0.4, 0.5) is 4.79 Å². The quantitative estimate of drug-likeness (QED) is 0.767. The van der Waals surface area contributed by atoms with Crippen LogP contribution in [-0.4, -0.2) is 48.0 Å². The highest BCUT2D eigenvalue weighted by Gasteiger charge is 2.38. The molecule has 2 N–H and O–H groups in total. The lowest BCUT2D eigenvalue weighted by atomic mass is 10.3. The molecule has 0 spiro atoms. The van der Waals surface area contributed by atoms with Crippen LogP contribution in [0.2, 0.25) is 5.15 Å². The van der Waals surface area contributed by atoms with Gasteiger partial charge in [0.1, 0.15) is 10.0 Å². The van der Waals surface area contributed by atoms with Gasteiger partial charge in [0.2, 0.25) is 0 Å². The van der Waals surface area contributed by atoms with Gasteiger partial charge in [-0.05, 0) is 35.0 Å². The van der Waals surface area contributed by atoms with Crippen molar-refractivity contribution in [1.82, 2.24) is 14.6 Å². The van der Waals surface area contributed by atoms with E-state index in [0.29, 0.717) is 21.7 Å². The van der Waals surface area contributed by atoms with Gasteiger partial charge in [0.05, 0.1) is 6.04 Å². The summed E-state index contributed by atoms with van der Waals surface area (Å²) in [6.45, 7) is 0.846. The highest BCUT2D eigenvalue weighted by Crippen LogP contribution is 2.28. The Morgan fingerprint density at radius 2 is 2.30 bits per heavy atom. The molecular weight excluding hydrogens is 374 g/mol. The molecule has 7 nitrogen and oxygen atoms in total. The van der Waals surface area contributed by atoms with Gasteiger partial charge >= 0.3 is 6.09 Å². The van der Waals surface area contributed by atoms with E-state index in [9.17, 15) is 18.3 Å². The summed E-state index contributed by atoms with van der Waals surface area (Å²) in [5, 5.41) is 11.9. The minimum Gasteiger partial charge on any atom is -0.464 e. The molecule has 1 unspecified atom stereocenters. The number of amides is 1. The minimum absolute atomic E-state index is 0.259. The molecule has 1 aliphatic rings. The summed E-state index contributed by atoms with van der Waals surface area (Å²) in [6.07, 6.45) is 0.225. The first-order valence-corrected chi connectivity index (χ1v) is 8.24. The molecule has 110 valence electrons. The summed E-state index contributed by atoms with van der Waals surface area (Å²) in [5.41, 5.74) is 0. The van der Waals surface area contributed by atoms with Crippen LogP contribution in [0.3, 0.4) is 0 Å². The minimum atomic E-state index is -4.27. The predicted octanol–water partition coefficient (Wildman–Crippen LogP) is 1.53. The molecule has 1 aromatic rings. The summed E-state index contributed by atoms with van der Waals surface area (Å²) in [6, 6.07) is 0.593. The summed E-state index contributed by atoms with van der Waals surface area (Å²) in [7, 11) is -4.27. The van der Waals surface area contributed by atoms with Crippen LogP contribution in [0.25, 0.3) is 0 Å². The van der Waals surface area contributed by atoms with E-state index in [0.717, 1.165) is 0 Å². The van der Waals surface area contributed by atoms with Gasteiger partial charge in [-0.3, -0.25) is 0 Å². The molecule has 0 aromatic carbocycles. The number of nitrogens with zero attached hydrogens (tertiary/aromatic N) is 2. The average Bonchev–Trinajstić information content (AvgIpc) is 2.84. The van der Waals surface area contributed by atoms with Crippen molar-refractivity contribution in [2.24, 2.45) is 0 Å². The van der Waals surface area contributed by atoms with Crippen molar-refractivity contribution in [3.05, 3.63) is 21.9 Å². The van der Waals surface area contributed by atoms with Crippen LogP contribution in [-0.2, 0) is 10.0 Å². The van der Waals surface area contributed by atoms with Gasteiger partial charge in [-0.25, -0.2) is 18.2 Å². The van der Waals surface area contributed by atoms with Gasteiger partial charge < -0.3 is 10.4 Å². The number of hydrogen-bond acceptors (Lipinski definition) is 5. The number of nitrogens with one attached hydrogen (secondary N) is 1. The lowest BCUT2D eigenvalue weighted by Crippen LogP contribution is -2.45. The highest BCUT2D eigenvalue weighted by molar-refractivity contribution is 9.10. The molecule has 0 saturated carbocycles. The van der Waals surface area contributed by atoms with E-state index in [2.05, 4.69) is 26.2 Å². The Labute approximate surface area is 129 Å². The Morgan fingerprint density at radius 3 is 2.85 bits per heavy atom. The van der Waals surface area contributed by atoms with E-state index in [4.69, 9.17) is 11.6 Å². The van der Waals surface area contributed by atoms with Crippen molar-refractivity contribution in [1.29, 1.82) is 0 Å². The summed E-state index contributed by atoms with van der Waals surface area (Å²) in [4.78, 5) is 14.7. The van der Waals surface area contributed by atoms with Gasteiger partial charge in [0, 0.05) is 17.2 Å². The first-order chi connectivity index (χ1) is 9.34. The van der Waals surface area contributed by atoms with E-state index in [1.165, 1.54) is 12.3 Å². The molecule has 1 amide bonds. The second-order valence-corrected chi connectivity index (χ2v) is 7.23. The number of hydrogen-bond donors (Lipinski definition) is 2. The van der Waals surface area contributed by atoms with E-state index in [-0.39, 0.29) is 16.6 Å². The Kier molecular flexibility index (Phi) is 4.52. The van der Waals surface area contributed by atoms with E-state index >= 15 is 0 Å². The topological polar surface area (TPSA) is 99.6 Å². The standard InChI is InChI=1S/C10H11BrClN3O4S/c11-6-3-8(9(12)14-4-6)20(18,19)15(10(16)17)7-1-2-13-5-7/h3-4,7,13H,1-2,5H2,(H,16,17). The number of sulfonamides is 1. The molecule has 1 aromatic heterocycles. The zero-order chi connectivity index (χ0) is 14.9. The molecule has 10 heteroatoms. The van der Waals surface area contributed by atoms with Crippen LogP contribution in [0.15, 0.2) is 21.6 Å². The monoisotopic (exact) mass is 383 g/mol. The van der Waals surface area contributed by atoms with Crippen LogP contribution >= 0.6 is 27.5 Å². The lowest BCUT2D eigenvalue weighted by molar-refractivity contribution is 0.162. The Balaban J connectivity index is 2.50. The fourth-order valence-electron chi connectivity index (χ4n) is 1.99. The predicted molar refractivity (Wildman–Crippen MR) is 75.3 cm³/mol. The highest BCUT2D eigenvalue weighted by atomic mass is 79.9. The van der Waals surface area contributed by atoms with Gasteiger partial charge in [0.15, 0.2) is 0 Å². The largest absolute Gasteiger partial charge is 0.464 e. The van der Waals surface area contributed by atoms with Crippen molar-refractivity contribution in [3.63, 3.8) is 0 Å². The molecule has 2 heterocycles. The molecule has 0 bridgehead atoms. The lowest BCUT2D eigenvalue weighted by Gasteiger charge is -2.25. The van der Waals surface area contributed by atoms with Crippen LogP contribution in [0.1, 0.15) is 6.42 Å². The summed E-state index contributed by atoms with van der Waals surface area (Å²) in [5.74, 6) is 0. The van der Waals surface area contributed by atoms with E-state index in [1.807, 2.05) is 0 Å². The molecule has 1 saturated heterocycles. The Hall–Kier alpha value is -0.900. The first kappa shape index (κ1) is 15.5. The maximum absolute atomic E-state index is 12.5. The number of carboxylic acid groups (broad SMARTS) is 1. The number of halogens is 2. The fraction of sp³-hybridized carbons (Fsp3) is 0.400. The maximum Gasteiger partial charge on any atom is 0.421 e. The molecule has 1 aliphatic heterocycles. The molecular formula is C10H11BrClN3O4S. The molecule has 1 atom stereocenters. The average molecular weight is 385 g/mol. The van der Waals surface area contributed by atoms with Gasteiger partial charge in [-0.15, -0.1) is 0 Å². The number of aromatic nitrogens is 1. The number of rotatable bonds is 3. The van der Waals surface area contributed by atoms with Crippen LogP contribution < -0.4 is 5.32 Å². The van der Waals surface area contributed by atoms with Crippen LogP contribution in [0.5, 0.6) is 0 Å². The third-order valence-corrected chi connectivity index (χ3v) is 5.55. The summed E-state index contributed by atoms with van der Waals surface area (Å²) < 4.78 is 25.9.